The van der Waals surface area contributed by atoms with E-state index in [9.17, 15) is 9.59 Å². The summed E-state index contributed by atoms with van der Waals surface area (Å²) >= 11 is 6.32. The van der Waals surface area contributed by atoms with E-state index in [0.29, 0.717) is 21.9 Å². The van der Waals surface area contributed by atoms with Crippen molar-refractivity contribution in [1.82, 2.24) is 4.57 Å². The van der Waals surface area contributed by atoms with Crippen molar-refractivity contribution in [2.45, 2.75) is 20.8 Å². The molecule has 3 aromatic rings. The molecule has 1 aromatic heterocycles. The van der Waals surface area contributed by atoms with Crippen molar-refractivity contribution in [3.8, 4) is 5.69 Å². The lowest BCUT2D eigenvalue weighted by atomic mass is 10.1. The van der Waals surface area contributed by atoms with Crippen LogP contribution < -0.4 is 5.01 Å². The molecule has 2 aromatic carbocycles. The van der Waals surface area contributed by atoms with Crippen LogP contribution in [-0.4, -0.2) is 29.3 Å². The molecule has 0 aliphatic carbocycles. The van der Waals surface area contributed by atoms with Gasteiger partial charge in [0.25, 0.3) is 5.91 Å². The van der Waals surface area contributed by atoms with E-state index in [1.54, 1.807) is 12.1 Å². The smallest absolute Gasteiger partial charge is 0.339 e. The highest BCUT2D eigenvalue weighted by atomic mass is 35.5. The van der Waals surface area contributed by atoms with Gasteiger partial charge in [0.1, 0.15) is 0 Å². The molecule has 0 radical (unpaired) electrons. The maximum Gasteiger partial charge on any atom is 0.339 e. The second-order valence-corrected chi connectivity index (χ2v) is 7.92. The second kappa shape index (κ2) is 8.48. The molecule has 6 nitrogen and oxygen atoms in total. The molecule has 0 saturated carbocycles. The first-order chi connectivity index (χ1) is 15.3. The quantitative estimate of drug-likeness (QED) is 0.400. The number of aryl methyl sites for hydroxylation is 1. The lowest BCUT2D eigenvalue weighted by Crippen LogP contribution is -2.21. The van der Waals surface area contributed by atoms with Crippen LogP contribution in [0.4, 0.5) is 5.69 Å². The highest BCUT2D eigenvalue weighted by Crippen LogP contribution is 2.29. The lowest BCUT2D eigenvalue weighted by Gasteiger charge is -2.12. The Morgan fingerprint density at radius 2 is 1.75 bits per heavy atom. The van der Waals surface area contributed by atoms with Crippen LogP contribution in [0.1, 0.15) is 34.2 Å². The van der Waals surface area contributed by atoms with Gasteiger partial charge in [-0.3, -0.25) is 4.79 Å². The predicted molar refractivity (Wildman–Crippen MR) is 127 cm³/mol. The summed E-state index contributed by atoms with van der Waals surface area (Å²) in [6, 6.07) is 16.6. The maximum absolute atomic E-state index is 13.0. The van der Waals surface area contributed by atoms with Crippen molar-refractivity contribution in [1.29, 1.82) is 0 Å². The Morgan fingerprint density at radius 3 is 2.41 bits per heavy atom. The maximum atomic E-state index is 13.0. The van der Waals surface area contributed by atoms with E-state index in [4.69, 9.17) is 16.3 Å². The van der Waals surface area contributed by atoms with E-state index in [0.717, 1.165) is 28.3 Å². The fourth-order valence-corrected chi connectivity index (χ4v) is 4.09. The average Bonchev–Trinajstić information content (AvgIpc) is 3.23. The highest BCUT2D eigenvalue weighted by molar-refractivity contribution is 6.34. The summed E-state index contributed by atoms with van der Waals surface area (Å²) < 4.78 is 6.79. The number of carbonyl (C=O) groups is 2. The number of ether oxygens (including phenoxy) is 1. The van der Waals surface area contributed by atoms with Gasteiger partial charge < -0.3 is 9.30 Å². The number of esters is 1. The first-order valence-electron chi connectivity index (χ1n) is 10.1. The summed E-state index contributed by atoms with van der Waals surface area (Å²) in [5.41, 5.74) is 5.88. The van der Waals surface area contributed by atoms with Gasteiger partial charge in [0.05, 0.1) is 34.7 Å². The molecule has 0 bridgehead atoms. The Balaban J connectivity index is 1.71. The number of para-hydroxylation sites is 1. The molecule has 0 saturated heterocycles. The first kappa shape index (κ1) is 21.6. The molecule has 0 fully saturated rings. The Kier molecular flexibility index (Phi) is 5.72. The minimum atomic E-state index is -0.481. The SMILES string of the molecule is COC(=O)c1ccc(-n2c(C)cc(/C=C3/C(=O)N(c4ccccc4)N=C3C)c2C)cc1Cl. The molecule has 0 spiro atoms. The van der Waals surface area contributed by atoms with Crippen molar-refractivity contribution >= 4 is 41.0 Å². The fourth-order valence-electron chi connectivity index (χ4n) is 3.83. The minimum Gasteiger partial charge on any atom is -0.465 e. The topological polar surface area (TPSA) is 63.9 Å². The van der Waals surface area contributed by atoms with Crippen LogP contribution in [-0.2, 0) is 9.53 Å². The molecule has 2 heterocycles. The van der Waals surface area contributed by atoms with Crippen LogP contribution in [0.5, 0.6) is 0 Å². The van der Waals surface area contributed by atoms with Gasteiger partial charge in [0.15, 0.2) is 0 Å². The minimum absolute atomic E-state index is 0.163. The van der Waals surface area contributed by atoms with Crippen LogP contribution in [0.15, 0.2) is 65.3 Å². The van der Waals surface area contributed by atoms with Crippen molar-refractivity contribution in [3.63, 3.8) is 0 Å². The van der Waals surface area contributed by atoms with E-state index >= 15 is 0 Å². The summed E-state index contributed by atoms with van der Waals surface area (Å²) in [5, 5.41) is 6.18. The van der Waals surface area contributed by atoms with E-state index in [1.807, 2.05) is 73.9 Å². The van der Waals surface area contributed by atoms with E-state index in [-0.39, 0.29) is 5.91 Å². The van der Waals surface area contributed by atoms with Crippen LogP contribution in [0.2, 0.25) is 5.02 Å². The van der Waals surface area contributed by atoms with Crippen LogP contribution in [0.3, 0.4) is 0 Å². The van der Waals surface area contributed by atoms with Crippen molar-refractivity contribution < 1.29 is 14.3 Å². The zero-order valence-corrected chi connectivity index (χ0v) is 19.0. The van der Waals surface area contributed by atoms with Gasteiger partial charge in [-0.25, -0.2) is 4.79 Å². The Hall–Kier alpha value is -3.64. The van der Waals surface area contributed by atoms with E-state index in [2.05, 4.69) is 5.10 Å². The molecule has 1 aliphatic heterocycles. The monoisotopic (exact) mass is 447 g/mol. The van der Waals surface area contributed by atoms with Gasteiger partial charge in [-0.2, -0.15) is 10.1 Å². The lowest BCUT2D eigenvalue weighted by molar-refractivity contribution is -0.114. The molecular weight excluding hydrogens is 426 g/mol. The molecule has 7 heteroatoms. The molecule has 1 amide bonds. The standard InChI is InChI=1S/C25H22ClN3O3/c1-15-12-18(13-22-16(2)27-29(24(22)30)19-8-6-5-7-9-19)17(3)28(15)20-10-11-21(23(26)14-20)25(31)32-4/h5-14H,1-4H3/b22-13+. The number of methoxy groups -OCH3 is 1. The molecule has 4 rings (SSSR count). The first-order valence-corrected chi connectivity index (χ1v) is 10.4. The third-order valence-corrected chi connectivity index (χ3v) is 5.76. The summed E-state index contributed by atoms with van der Waals surface area (Å²) in [7, 11) is 1.32. The molecule has 0 N–H and O–H groups in total. The average molecular weight is 448 g/mol. The number of nitrogens with zero attached hydrogens (tertiary/aromatic N) is 3. The Morgan fingerprint density at radius 1 is 1.03 bits per heavy atom. The van der Waals surface area contributed by atoms with Crippen LogP contribution in [0.25, 0.3) is 11.8 Å². The zero-order chi connectivity index (χ0) is 23.0. The largest absolute Gasteiger partial charge is 0.465 e. The third-order valence-electron chi connectivity index (χ3n) is 5.45. The number of aromatic nitrogens is 1. The fraction of sp³-hybridized carbons (Fsp3) is 0.160. The second-order valence-electron chi connectivity index (χ2n) is 7.51. The Labute approximate surface area is 191 Å². The number of carbonyl (C=O) groups excluding carboxylic acids is 2. The number of benzene rings is 2. The number of hydrazone groups is 1. The Bertz CT molecular complexity index is 1290. The predicted octanol–water partition coefficient (Wildman–Crippen LogP) is 5.34. The summed E-state index contributed by atoms with van der Waals surface area (Å²) in [5.74, 6) is -0.644. The van der Waals surface area contributed by atoms with Crippen molar-refractivity contribution in [2.75, 3.05) is 12.1 Å². The molecule has 0 atom stereocenters. The number of rotatable bonds is 4. The number of hydrogen-bond donors (Lipinski definition) is 0. The van der Waals surface area contributed by atoms with Crippen LogP contribution in [0, 0.1) is 13.8 Å². The van der Waals surface area contributed by atoms with Gasteiger partial charge >= 0.3 is 5.97 Å². The molecule has 162 valence electrons. The molecule has 0 unspecified atom stereocenters. The normalized spacial score (nSPS) is 14.8. The van der Waals surface area contributed by atoms with Gasteiger partial charge in [-0.1, -0.05) is 29.8 Å². The van der Waals surface area contributed by atoms with E-state index in [1.165, 1.54) is 12.1 Å². The highest BCUT2D eigenvalue weighted by Gasteiger charge is 2.29. The van der Waals surface area contributed by atoms with Gasteiger partial charge in [0.2, 0.25) is 0 Å². The number of amides is 1. The number of halogens is 1. The molecule has 32 heavy (non-hydrogen) atoms. The zero-order valence-electron chi connectivity index (χ0n) is 18.2. The number of anilines is 1. The van der Waals surface area contributed by atoms with Gasteiger partial charge in [0, 0.05) is 17.1 Å². The van der Waals surface area contributed by atoms with Crippen molar-refractivity contribution in [2.24, 2.45) is 5.10 Å². The van der Waals surface area contributed by atoms with Crippen molar-refractivity contribution in [3.05, 3.63) is 87.7 Å². The molecular formula is C25H22ClN3O3. The summed E-state index contributed by atoms with van der Waals surface area (Å²) in [4.78, 5) is 24.9. The summed E-state index contributed by atoms with van der Waals surface area (Å²) in [6.45, 7) is 5.78. The van der Waals surface area contributed by atoms with Gasteiger partial charge in [-0.15, -0.1) is 0 Å². The van der Waals surface area contributed by atoms with E-state index < -0.39 is 5.97 Å². The van der Waals surface area contributed by atoms with Crippen LogP contribution >= 0.6 is 11.6 Å². The summed E-state index contributed by atoms with van der Waals surface area (Å²) in [6.07, 6.45) is 1.87. The number of hydrogen-bond acceptors (Lipinski definition) is 4. The molecule has 1 aliphatic rings. The third kappa shape index (κ3) is 3.74. The van der Waals surface area contributed by atoms with Gasteiger partial charge in [-0.05, 0) is 68.8 Å².